The highest BCUT2D eigenvalue weighted by Gasteiger charge is 2.41. The van der Waals surface area contributed by atoms with Crippen LogP contribution in [0.2, 0.25) is 0 Å². The molecule has 8 nitrogen and oxygen atoms in total. The van der Waals surface area contributed by atoms with Gasteiger partial charge < -0.3 is 14.4 Å². The Labute approximate surface area is 200 Å². The molecule has 2 aromatic heterocycles. The van der Waals surface area contributed by atoms with Gasteiger partial charge in [-0.1, -0.05) is 19.9 Å². The van der Waals surface area contributed by atoms with Gasteiger partial charge in [0, 0.05) is 18.8 Å². The first-order valence-corrected chi connectivity index (χ1v) is 11.3. The highest BCUT2D eigenvalue weighted by molar-refractivity contribution is 6.00. The Morgan fingerprint density at radius 1 is 1.20 bits per heavy atom. The predicted octanol–water partition coefficient (Wildman–Crippen LogP) is 4.40. The van der Waals surface area contributed by atoms with Crippen LogP contribution in [0.25, 0.3) is 5.69 Å². The number of hydrogen-bond donors (Lipinski definition) is 0. The van der Waals surface area contributed by atoms with Crippen LogP contribution in [0.1, 0.15) is 42.6 Å². The van der Waals surface area contributed by atoms with Crippen LogP contribution < -0.4 is 9.47 Å². The molecule has 3 heterocycles. The van der Waals surface area contributed by atoms with Crippen molar-refractivity contribution >= 4 is 5.91 Å². The van der Waals surface area contributed by atoms with E-state index in [1.165, 1.54) is 30.4 Å². The number of amides is 1. The van der Waals surface area contributed by atoms with Crippen molar-refractivity contribution < 1.29 is 27.4 Å². The van der Waals surface area contributed by atoms with Gasteiger partial charge >= 0.3 is 6.18 Å². The molecule has 186 valence electrons. The minimum atomic E-state index is -4.48. The normalized spacial score (nSPS) is 19.0. The summed E-state index contributed by atoms with van der Waals surface area (Å²) >= 11 is 0. The summed E-state index contributed by atoms with van der Waals surface area (Å²) in [6.45, 7) is 4.44. The third-order valence-corrected chi connectivity index (χ3v) is 6.05. The summed E-state index contributed by atoms with van der Waals surface area (Å²) in [4.78, 5) is 20.9. The van der Waals surface area contributed by atoms with Crippen LogP contribution in [0.4, 0.5) is 13.2 Å². The number of hydrogen-bond acceptors (Lipinski definition) is 6. The summed E-state index contributed by atoms with van der Waals surface area (Å²) in [5.74, 6) is 0.409. The van der Waals surface area contributed by atoms with E-state index >= 15 is 0 Å². The van der Waals surface area contributed by atoms with E-state index in [1.54, 1.807) is 23.1 Å². The van der Waals surface area contributed by atoms with Gasteiger partial charge in [0.25, 0.3) is 5.91 Å². The van der Waals surface area contributed by atoms with Crippen molar-refractivity contribution in [3.63, 3.8) is 0 Å². The molecule has 0 bridgehead atoms. The van der Waals surface area contributed by atoms with Gasteiger partial charge in [0.15, 0.2) is 0 Å². The van der Waals surface area contributed by atoms with E-state index in [9.17, 15) is 18.0 Å². The van der Waals surface area contributed by atoms with Gasteiger partial charge in [-0.2, -0.15) is 28.2 Å². The largest absolute Gasteiger partial charge is 0.496 e. The molecule has 3 unspecified atom stereocenters. The third kappa shape index (κ3) is 5.08. The topological polar surface area (TPSA) is 82.4 Å². The number of likely N-dealkylation sites (tertiary alicyclic amines) is 1. The first kappa shape index (κ1) is 24.5. The second kappa shape index (κ2) is 9.93. The summed E-state index contributed by atoms with van der Waals surface area (Å²) in [6, 6.07) is 7.03. The molecule has 1 fully saturated rings. The molecule has 3 atom stereocenters. The number of methoxy groups -OCH3 is 1. The Bertz CT molecular complexity index is 1150. The van der Waals surface area contributed by atoms with Crippen molar-refractivity contribution in [3.8, 4) is 17.3 Å². The maximum Gasteiger partial charge on any atom is 0.417 e. The number of aromatic nitrogens is 4. The van der Waals surface area contributed by atoms with Crippen LogP contribution in [0.3, 0.4) is 0 Å². The molecule has 0 saturated carbocycles. The number of nitrogens with zero attached hydrogens (tertiary/aromatic N) is 5. The van der Waals surface area contributed by atoms with Crippen LogP contribution in [-0.4, -0.2) is 56.6 Å². The van der Waals surface area contributed by atoms with E-state index in [4.69, 9.17) is 9.47 Å². The molecule has 1 aromatic carbocycles. The Balaban J connectivity index is 1.63. The zero-order valence-electron chi connectivity index (χ0n) is 19.6. The smallest absolute Gasteiger partial charge is 0.417 e. The summed E-state index contributed by atoms with van der Waals surface area (Å²) < 4.78 is 50.2. The molecular formula is C24H26F3N5O3. The lowest BCUT2D eigenvalue weighted by Gasteiger charge is -2.32. The maximum absolute atomic E-state index is 13.9. The average molecular weight is 489 g/mol. The van der Waals surface area contributed by atoms with Crippen LogP contribution >= 0.6 is 0 Å². The second-order valence-corrected chi connectivity index (χ2v) is 8.49. The number of rotatable bonds is 7. The van der Waals surface area contributed by atoms with Crippen LogP contribution in [0, 0.1) is 5.92 Å². The highest BCUT2D eigenvalue weighted by Crippen LogP contribution is 2.34. The minimum Gasteiger partial charge on any atom is -0.496 e. The molecule has 11 heteroatoms. The molecule has 4 rings (SSSR count). The molecule has 0 N–H and O–H groups in total. The average Bonchev–Trinajstić information content (AvgIpc) is 3.51. The standard InChI is InChI=1S/C24H26F3N5O3/c1-4-19(35-21-9-8-16(13-28-21)24(25,26)27)18-12-15(2)14-31(18)23(33)22-17(32-29-10-11-30-32)6-5-7-20(22)34-3/h5-11,13,15,18-19H,4,12,14H2,1-3H3. The Morgan fingerprint density at radius 3 is 2.54 bits per heavy atom. The zero-order valence-corrected chi connectivity index (χ0v) is 19.6. The molecule has 0 spiro atoms. The first-order chi connectivity index (χ1) is 16.7. The number of benzene rings is 1. The zero-order chi connectivity index (χ0) is 25.2. The SMILES string of the molecule is CCC(Oc1ccc(C(F)(F)F)cn1)C1CC(C)CN1C(=O)c1c(OC)cccc1-n1nccn1. The van der Waals surface area contributed by atoms with Gasteiger partial charge in [0.1, 0.15) is 23.1 Å². The van der Waals surface area contributed by atoms with Crippen molar-refractivity contribution in [2.45, 2.75) is 45.0 Å². The molecule has 35 heavy (non-hydrogen) atoms. The highest BCUT2D eigenvalue weighted by atomic mass is 19.4. The Hall–Kier alpha value is -3.63. The minimum absolute atomic E-state index is 0.0792. The van der Waals surface area contributed by atoms with E-state index in [2.05, 4.69) is 15.2 Å². The lowest BCUT2D eigenvalue weighted by molar-refractivity contribution is -0.137. The molecule has 1 amide bonds. The maximum atomic E-state index is 13.9. The number of carbonyl (C=O) groups excluding carboxylic acids is 1. The quantitative estimate of drug-likeness (QED) is 0.489. The van der Waals surface area contributed by atoms with Crippen LogP contribution in [-0.2, 0) is 6.18 Å². The summed E-state index contributed by atoms with van der Waals surface area (Å²) in [6.07, 6.45) is 0.0579. The van der Waals surface area contributed by atoms with Crippen molar-refractivity contribution in [1.29, 1.82) is 0 Å². The van der Waals surface area contributed by atoms with E-state index < -0.39 is 17.8 Å². The van der Waals surface area contributed by atoms with Crippen molar-refractivity contribution in [2.24, 2.45) is 5.92 Å². The molecule has 1 aliphatic rings. The van der Waals surface area contributed by atoms with Crippen molar-refractivity contribution in [2.75, 3.05) is 13.7 Å². The molecule has 0 aliphatic carbocycles. The molecule has 3 aromatic rings. The Morgan fingerprint density at radius 2 is 1.94 bits per heavy atom. The molecule has 0 radical (unpaired) electrons. The van der Waals surface area contributed by atoms with Crippen LogP contribution in [0.15, 0.2) is 48.9 Å². The fourth-order valence-electron chi connectivity index (χ4n) is 4.43. The molecular weight excluding hydrogens is 463 g/mol. The lowest BCUT2D eigenvalue weighted by atomic mass is 10.0. The number of ether oxygens (including phenoxy) is 2. The van der Waals surface area contributed by atoms with Crippen LogP contribution in [0.5, 0.6) is 11.6 Å². The monoisotopic (exact) mass is 489 g/mol. The number of alkyl halides is 3. The van der Waals surface area contributed by atoms with E-state index in [0.717, 1.165) is 12.3 Å². The van der Waals surface area contributed by atoms with Gasteiger partial charge in [-0.05, 0) is 37.0 Å². The lowest BCUT2D eigenvalue weighted by Crippen LogP contribution is -2.45. The van der Waals surface area contributed by atoms with Gasteiger partial charge in [0.05, 0.1) is 31.1 Å². The van der Waals surface area contributed by atoms with E-state index in [0.29, 0.717) is 36.4 Å². The fourth-order valence-corrected chi connectivity index (χ4v) is 4.43. The van der Waals surface area contributed by atoms with Gasteiger partial charge in [-0.15, -0.1) is 0 Å². The first-order valence-electron chi connectivity index (χ1n) is 11.3. The number of pyridine rings is 1. The Kier molecular flexibility index (Phi) is 6.95. The van der Waals surface area contributed by atoms with Gasteiger partial charge in [-0.25, -0.2) is 4.98 Å². The van der Waals surface area contributed by atoms with Crippen molar-refractivity contribution in [1.82, 2.24) is 24.9 Å². The van der Waals surface area contributed by atoms with E-state index in [-0.39, 0.29) is 23.7 Å². The van der Waals surface area contributed by atoms with Gasteiger partial charge in [0.2, 0.25) is 5.88 Å². The predicted molar refractivity (Wildman–Crippen MR) is 120 cm³/mol. The molecule has 1 aliphatic heterocycles. The number of carbonyl (C=O) groups is 1. The fraction of sp³-hybridized carbons (Fsp3) is 0.417. The summed E-state index contributed by atoms with van der Waals surface area (Å²) in [5.41, 5.74) is -0.0380. The third-order valence-electron chi connectivity index (χ3n) is 6.05. The second-order valence-electron chi connectivity index (χ2n) is 8.49. The van der Waals surface area contributed by atoms with Crippen molar-refractivity contribution in [3.05, 3.63) is 60.0 Å². The van der Waals surface area contributed by atoms with Gasteiger partial charge in [-0.3, -0.25) is 4.79 Å². The summed E-state index contributed by atoms with van der Waals surface area (Å²) in [5, 5.41) is 8.33. The molecule has 1 saturated heterocycles. The van der Waals surface area contributed by atoms with E-state index in [1.807, 2.05) is 13.8 Å². The number of halogens is 3. The summed E-state index contributed by atoms with van der Waals surface area (Å²) in [7, 11) is 1.49.